The molecule has 8 nitrogen and oxygen atoms in total. The summed E-state index contributed by atoms with van der Waals surface area (Å²) in [6, 6.07) is 7.45. The molecule has 0 saturated carbocycles. The average Bonchev–Trinajstić information content (AvgIpc) is 2.60. The molecule has 1 aliphatic rings. The monoisotopic (exact) mass is 329 g/mol. The summed E-state index contributed by atoms with van der Waals surface area (Å²) >= 11 is 0. The van der Waals surface area contributed by atoms with Crippen LogP contribution in [0, 0.1) is 11.3 Å². The fourth-order valence-corrected chi connectivity index (χ4v) is 2.01. The standard InChI is InChI=1S/C16H15N3O5/c1-2-23-15(21)12-8-18-16(22)19-13(12)9-24-14(20)11-5-3-4-10(6-11)7-17/h3-6H,2,8-9H2,1H3,(H2,18,19,22). The van der Waals surface area contributed by atoms with Crippen LogP contribution in [0.3, 0.4) is 0 Å². The summed E-state index contributed by atoms with van der Waals surface area (Å²) in [7, 11) is 0. The van der Waals surface area contributed by atoms with Crippen LogP contribution in [0.2, 0.25) is 0 Å². The van der Waals surface area contributed by atoms with E-state index < -0.39 is 18.0 Å². The van der Waals surface area contributed by atoms with Gasteiger partial charge in [-0.2, -0.15) is 5.26 Å². The van der Waals surface area contributed by atoms with Crippen molar-refractivity contribution < 1.29 is 23.9 Å². The minimum absolute atomic E-state index is 0.0124. The molecular weight excluding hydrogens is 314 g/mol. The van der Waals surface area contributed by atoms with E-state index in [0.29, 0.717) is 5.56 Å². The Kier molecular flexibility index (Phi) is 5.52. The molecule has 1 heterocycles. The molecule has 0 saturated heterocycles. The molecule has 1 aromatic carbocycles. The zero-order valence-electron chi connectivity index (χ0n) is 12.9. The van der Waals surface area contributed by atoms with Gasteiger partial charge in [0.25, 0.3) is 0 Å². The smallest absolute Gasteiger partial charge is 0.338 e. The highest BCUT2D eigenvalue weighted by Gasteiger charge is 2.24. The maximum absolute atomic E-state index is 12.0. The predicted octanol–water partition coefficient (Wildman–Crippen LogP) is 0.845. The summed E-state index contributed by atoms with van der Waals surface area (Å²) in [6.45, 7) is 1.54. The van der Waals surface area contributed by atoms with E-state index in [4.69, 9.17) is 14.7 Å². The van der Waals surface area contributed by atoms with Gasteiger partial charge in [0.1, 0.15) is 6.61 Å². The Labute approximate surface area is 138 Å². The Bertz CT molecular complexity index is 748. The number of carbonyl (C=O) groups excluding carboxylic acids is 3. The number of benzene rings is 1. The third-order valence-corrected chi connectivity index (χ3v) is 3.15. The number of carbonyl (C=O) groups is 3. The SMILES string of the molecule is CCOC(=O)C1=C(COC(=O)c2cccc(C#N)c2)NC(=O)NC1. The summed E-state index contributed by atoms with van der Waals surface area (Å²) < 4.78 is 10.0. The second-order valence-corrected chi connectivity index (χ2v) is 4.75. The Hall–Kier alpha value is -3.34. The molecule has 1 aromatic rings. The lowest BCUT2D eigenvalue weighted by Crippen LogP contribution is -2.45. The van der Waals surface area contributed by atoms with E-state index in [9.17, 15) is 14.4 Å². The number of rotatable bonds is 5. The summed E-state index contributed by atoms with van der Waals surface area (Å²) in [5.41, 5.74) is 0.885. The summed E-state index contributed by atoms with van der Waals surface area (Å²) in [6.07, 6.45) is 0. The minimum atomic E-state index is -0.671. The van der Waals surface area contributed by atoms with Gasteiger partial charge in [-0.1, -0.05) is 6.07 Å². The molecule has 2 rings (SSSR count). The minimum Gasteiger partial charge on any atom is -0.463 e. The average molecular weight is 329 g/mol. The third kappa shape index (κ3) is 4.10. The van der Waals surface area contributed by atoms with E-state index in [2.05, 4.69) is 10.6 Å². The van der Waals surface area contributed by atoms with Crippen LogP contribution in [0.4, 0.5) is 4.79 Å². The van der Waals surface area contributed by atoms with Gasteiger partial charge in [-0.15, -0.1) is 0 Å². The van der Waals surface area contributed by atoms with Crippen LogP contribution in [0.15, 0.2) is 35.5 Å². The number of nitriles is 1. The van der Waals surface area contributed by atoms with Gasteiger partial charge in [0.05, 0.1) is 41.6 Å². The van der Waals surface area contributed by atoms with Gasteiger partial charge in [-0.3, -0.25) is 0 Å². The summed E-state index contributed by atoms with van der Waals surface area (Å²) in [5, 5.41) is 13.7. The first-order valence-corrected chi connectivity index (χ1v) is 7.16. The first-order chi connectivity index (χ1) is 11.5. The van der Waals surface area contributed by atoms with Gasteiger partial charge in [-0.25, -0.2) is 14.4 Å². The molecule has 2 N–H and O–H groups in total. The first-order valence-electron chi connectivity index (χ1n) is 7.16. The zero-order valence-corrected chi connectivity index (χ0v) is 12.9. The molecule has 2 amide bonds. The van der Waals surface area contributed by atoms with Crippen LogP contribution in [-0.4, -0.2) is 37.7 Å². The van der Waals surface area contributed by atoms with Gasteiger partial charge in [-0.05, 0) is 25.1 Å². The van der Waals surface area contributed by atoms with Crippen LogP contribution in [0.1, 0.15) is 22.8 Å². The molecule has 0 spiro atoms. The van der Waals surface area contributed by atoms with Gasteiger partial charge in [0.15, 0.2) is 0 Å². The summed E-state index contributed by atoms with van der Waals surface area (Å²) in [4.78, 5) is 35.3. The maximum atomic E-state index is 12.0. The van der Waals surface area contributed by atoms with Crippen LogP contribution >= 0.6 is 0 Å². The first kappa shape index (κ1) is 17.0. The molecule has 24 heavy (non-hydrogen) atoms. The molecule has 1 aliphatic heterocycles. The van der Waals surface area contributed by atoms with Gasteiger partial charge in [0, 0.05) is 0 Å². The van der Waals surface area contributed by atoms with Crippen LogP contribution < -0.4 is 10.6 Å². The Morgan fingerprint density at radius 3 is 2.79 bits per heavy atom. The fraction of sp³-hybridized carbons (Fsp3) is 0.250. The van der Waals surface area contributed by atoms with Crippen molar-refractivity contribution in [2.45, 2.75) is 6.92 Å². The second kappa shape index (κ2) is 7.78. The Morgan fingerprint density at radius 2 is 2.08 bits per heavy atom. The van der Waals surface area contributed by atoms with E-state index in [1.54, 1.807) is 19.1 Å². The van der Waals surface area contributed by atoms with Crippen molar-refractivity contribution in [3.63, 3.8) is 0 Å². The summed E-state index contributed by atoms with van der Waals surface area (Å²) in [5.74, 6) is -1.27. The number of amides is 2. The number of hydrogen-bond donors (Lipinski definition) is 2. The molecule has 0 atom stereocenters. The van der Waals surface area contributed by atoms with Crippen molar-refractivity contribution in [2.24, 2.45) is 0 Å². The number of nitrogens with one attached hydrogen (secondary N) is 2. The molecule has 8 heteroatoms. The van der Waals surface area contributed by atoms with Gasteiger partial charge in [0.2, 0.25) is 0 Å². The van der Waals surface area contributed by atoms with Crippen molar-refractivity contribution in [1.82, 2.24) is 10.6 Å². The van der Waals surface area contributed by atoms with Crippen LogP contribution in [-0.2, 0) is 14.3 Å². The van der Waals surface area contributed by atoms with Crippen molar-refractivity contribution in [3.05, 3.63) is 46.7 Å². The van der Waals surface area contributed by atoms with E-state index in [1.807, 2.05) is 6.07 Å². The largest absolute Gasteiger partial charge is 0.463 e. The molecular formula is C16H15N3O5. The molecule has 0 aromatic heterocycles. The molecule has 124 valence electrons. The number of urea groups is 1. The van der Waals surface area contributed by atoms with E-state index in [-0.39, 0.29) is 36.6 Å². The zero-order chi connectivity index (χ0) is 17.5. The topological polar surface area (TPSA) is 118 Å². The number of esters is 2. The Balaban J connectivity index is 2.11. The van der Waals surface area contributed by atoms with E-state index in [1.165, 1.54) is 12.1 Å². The van der Waals surface area contributed by atoms with E-state index in [0.717, 1.165) is 0 Å². The molecule has 0 fully saturated rings. The van der Waals surface area contributed by atoms with E-state index >= 15 is 0 Å². The lowest BCUT2D eigenvalue weighted by molar-refractivity contribution is -0.138. The molecule has 0 bridgehead atoms. The van der Waals surface area contributed by atoms with Gasteiger partial charge < -0.3 is 20.1 Å². The van der Waals surface area contributed by atoms with Gasteiger partial charge >= 0.3 is 18.0 Å². The highest BCUT2D eigenvalue weighted by molar-refractivity contribution is 5.94. The van der Waals surface area contributed by atoms with Crippen molar-refractivity contribution in [2.75, 3.05) is 19.8 Å². The number of ether oxygens (including phenoxy) is 2. The highest BCUT2D eigenvalue weighted by atomic mass is 16.5. The predicted molar refractivity (Wildman–Crippen MR) is 81.6 cm³/mol. The van der Waals surface area contributed by atoms with Crippen LogP contribution in [0.5, 0.6) is 0 Å². The van der Waals surface area contributed by atoms with Crippen molar-refractivity contribution >= 4 is 18.0 Å². The molecule has 0 unspecified atom stereocenters. The maximum Gasteiger partial charge on any atom is 0.338 e. The second-order valence-electron chi connectivity index (χ2n) is 4.75. The number of hydrogen-bond acceptors (Lipinski definition) is 6. The third-order valence-electron chi connectivity index (χ3n) is 3.15. The lowest BCUT2D eigenvalue weighted by Gasteiger charge is -2.21. The van der Waals surface area contributed by atoms with Crippen molar-refractivity contribution in [3.8, 4) is 6.07 Å². The lowest BCUT2D eigenvalue weighted by atomic mass is 10.1. The van der Waals surface area contributed by atoms with Crippen molar-refractivity contribution in [1.29, 1.82) is 5.26 Å². The number of nitrogens with zero attached hydrogens (tertiary/aromatic N) is 1. The molecule has 0 radical (unpaired) electrons. The molecule has 0 aliphatic carbocycles. The normalized spacial score (nSPS) is 13.4. The quantitative estimate of drug-likeness (QED) is 0.773. The fourth-order valence-electron chi connectivity index (χ4n) is 2.01. The highest BCUT2D eigenvalue weighted by Crippen LogP contribution is 2.11. The van der Waals surface area contributed by atoms with Crippen LogP contribution in [0.25, 0.3) is 0 Å². The Morgan fingerprint density at radius 1 is 1.29 bits per heavy atom.